The summed E-state index contributed by atoms with van der Waals surface area (Å²) in [7, 11) is 0. The van der Waals surface area contributed by atoms with Crippen molar-refractivity contribution in [1.82, 2.24) is 5.32 Å². The fourth-order valence-electron chi connectivity index (χ4n) is 1.12. The van der Waals surface area contributed by atoms with Gasteiger partial charge in [0.2, 0.25) is 0 Å². The average molecular weight is 164 g/mol. The molecule has 1 rings (SSSR count). The van der Waals surface area contributed by atoms with Crippen LogP contribution in [0.25, 0.3) is 0 Å². The van der Waals surface area contributed by atoms with Gasteiger partial charge in [0.15, 0.2) is 0 Å². The molecule has 1 aromatic rings. The van der Waals surface area contributed by atoms with E-state index in [1.54, 1.807) is 0 Å². The number of aryl methyl sites for hydroxylation is 1. The van der Waals surface area contributed by atoms with Crippen LogP contribution in [0.15, 0.2) is 18.2 Å². The van der Waals surface area contributed by atoms with Gasteiger partial charge in [-0.15, -0.1) is 0 Å². The number of hydrogen-bond donors (Lipinski definition) is 2. The van der Waals surface area contributed by atoms with Crippen molar-refractivity contribution in [2.45, 2.75) is 20.4 Å². The van der Waals surface area contributed by atoms with Gasteiger partial charge in [0, 0.05) is 12.2 Å². The van der Waals surface area contributed by atoms with Crippen LogP contribution in [0.2, 0.25) is 0 Å². The Bertz CT molecular complexity index is 256. The molecule has 0 heterocycles. The molecule has 0 amide bonds. The summed E-state index contributed by atoms with van der Waals surface area (Å²) in [5.74, 6) is 0. The number of nitrogen functional groups attached to an aromatic ring is 1. The molecule has 0 aliphatic carbocycles. The molecule has 66 valence electrons. The Hall–Kier alpha value is -1.02. The third-order valence-electron chi connectivity index (χ3n) is 1.91. The number of nitrogens with two attached hydrogens (primary N) is 1. The highest BCUT2D eigenvalue weighted by molar-refractivity contribution is 5.47. The van der Waals surface area contributed by atoms with Gasteiger partial charge in [0.05, 0.1) is 0 Å². The van der Waals surface area contributed by atoms with E-state index < -0.39 is 0 Å². The SMILES string of the molecule is CCNCc1ccc(N)c(C)c1. The van der Waals surface area contributed by atoms with E-state index in [1.165, 1.54) is 5.56 Å². The van der Waals surface area contributed by atoms with Crippen LogP contribution >= 0.6 is 0 Å². The van der Waals surface area contributed by atoms with E-state index in [1.807, 2.05) is 13.0 Å². The Kier molecular flexibility index (Phi) is 3.11. The minimum Gasteiger partial charge on any atom is -0.399 e. The van der Waals surface area contributed by atoms with E-state index in [0.717, 1.165) is 24.3 Å². The molecule has 1 aromatic carbocycles. The lowest BCUT2D eigenvalue weighted by atomic mass is 10.1. The molecule has 2 heteroatoms. The zero-order chi connectivity index (χ0) is 8.97. The first-order valence-corrected chi connectivity index (χ1v) is 4.29. The van der Waals surface area contributed by atoms with Crippen LogP contribution in [0.1, 0.15) is 18.1 Å². The Labute approximate surface area is 73.8 Å². The van der Waals surface area contributed by atoms with Crippen LogP contribution in [0.5, 0.6) is 0 Å². The van der Waals surface area contributed by atoms with Gasteiger partial charge in [-0.2, -0.15) is 0 Å². The molecular formula is C10H16N2. The van der Waals surface area contributed by atoms with Crippen molar-refractivity contribution in [2.75, 3.05) is 12.3 Å². The molecule has 0 saturated heterocycles. The van der Waals surface area contributed by atoms with Crippen molar-refractivity contribution in [3.05, 3.63) is 29.3 Å². The van der Waals surface area contributed by atoms with Crippen molar-refractivity contribution in [1.29, 1.82) is 0 Å². The van der Waals surface area contributed by atoms with Gasteiger partial charge in [-0.3, -0.25) is 0 Å². The van der Waals surface area contributed by atoms with Crippen LogP contribution in [-0.2, 0) is 6.54 Å². The average Bonchev–Trinajstić information content (AvgIpc) is 2.07. The maximum absolute atomic E-state index is 5.70. The van der Waals surface area contributed by atoms with E-state index in [-0.39, 0.29) is 0 Å². The molecule has 2 nitrogen and oxygen atoms in total. The lowest BCUT2D eigenvalue weighted by Gasteiger charge is -2.04. The van der Waals surface area contributed by atoms with E-state index in [4.69, 9.17) is 5.73 Å². The Morgan fingerprint density at radius 3 is 2.75 bits per heavy atom. The molecule has 0 radical (unpaired) electrons. The summed E-state index contributed by atoms with van der Waals surface area (Å²) < 4.78 is 0. The first kappa shape index (κ1) is 9.07. The maximum Gasteiger partial charge on any atom is 0.0343 e. The highest BCUT2D eigenvalue weighted by Crippen LogP contribution is 2.12. The third-order valence-corrected chi connectivity index (χ3v) is 1.91. The first-order chi connectivity index (χ1) is 5.74. The van der Waals surface area contributed by atoms with Crippen LogP contribution < -0.4 is 11.1 Å². The van der Waals surface area contributed by atoms with Crippen LogP contribution in [0.4, 0.5) is 5.69 Å². The number of rotatable bonds is 3. The molecule has 0 saturated carbocycles. The fraction of sp³-hybridized carbons (Fsp3) is 0.400. The van der Waals surface area contributed by atoms with E-state index in [9.17, 15) is 0 Å². The summed E-state index contributed by atoms with van der Waals surface area (Å²) in [5, 5.41) is 3.27. The second-order valence-electron chi connectivity index (χ2n) is 2.97. The standard InChI is InChI=1S/C10H16N2/c1-3-12-7-9-4-5-10(11)8(2)6-9/h4-6,12H,3,7,11H2,1-2H3. The molecule has 0 spiro atoms. The zero-order valence-electron chi connectivity index (χ0n) is 7.72. The van der Waals surface area contributed by atoms with Crippen molar-refractivity contribution < 1.29 is 0 Å². The zero-order valence-corrected chi connectivity index (χ0v) is 7.72. The van der Waals surface area contributed by atoms with Crippen LogP contribution in [0.3, 0.4) is 0 Å². The van der Waals surface area contributed by atoms with Gasteiger partial charge in [-0.25, -0.2) is 0 Å². The number of hydrogen-bond acceptors (Lipinski definition) is 2. The van der Waals surface area contributed by atoms with Gasteiger partial charge in [0.1, 0.15) is 0 Å². The lowest BCUT2D eigenvalue weighted by Crippen LogP contribution is -2.11. The second-order valence-corrected chi connectivity index (χ2v) is 2.97. The summed E-state index contributed by atoms with van der Waals surface area (Å²) >= 11 is 0. The summed E-state index contributed by atoms with van der Waals surface area (Å²) in [6, 6.07) is 6.14. The Morgan fingerprint density at radius 1 is 1.42 bits per heavy atom. The summed E-state index contributed by atoms with van der Waals surface area (Å²) in [5.41, 5.74) is 9.02. The molecule has 0 aliphatic rings. The molecule has 0 fully saturated rings. The summed E-state index contributed by atoms with van der Waals surface area (Å²) in [4.78, 5) is 0. The molecule has 3 N–H and O–H groups in total. The predicted octanol–water partition coefficient (Wildman–Crippen LogP) is 1.69. The van der Waals surface area contributed by atoms with Gasteiger partial charge in [-0.05, 0) is 30.7 Å². The van der Waals surface area contributed by atoms with Gasteiger partial charge in [-0.1, -0.05) is 19.1 Å². The van der Waals surface area contributed by atoms with Crippen molar-refractivity contribution in [3.8, 4) is 0 Å². The van der Waals surface area contributed by atoms with E-state index in [2.05, 4.69) is 24.4 Å². The molecule has 12 heavy (non-hydrogen) atoms. The van der Waals surface area contributed by atoms with E-state index in [0.29, 0.717) is 0 Å². The minimum atomic E-state index is 0.871. The van der Waals surface area contributed by atoms with Crippen LogP contribution in [0, 0.1) is 6.92 Å². The van der Waals surface area contributed by atoms with Crippen molar-refractivity contribution >= 4 is 5.69 Å². The molecule has 0 aliphatic heterocycles. The quantitative estimate of drug-likeness (QED) is 0.667. The summed E-state index contributed by atoms with van der Waals surface area (Å²) in [6.07, 6.45) is 0. The number of nitrogens with one attached hydrogen (secondary N) is 1. The lowest BCUT2D eigenvalue weighted by molar-refractivity contribution is 0.726. The van der Waals surface area contributed by atoms with Crippen molar-refractivity contribution in [3.63, 3.8) is 0 Å². The number of benzene rings is 1. The van der Waals surface area contributed by atoms with Gasteiger partial charge >= 0.3 is 0 Å². The molecule has 0 atom stereocenters. The molecule has 0 bridgehead atoms. The normalized spacial score (nSPS) is 10.2. The molecular weight excluding hydrogens is 148 g/mol. The Morgan fingerprint density at radius 2 is 2.17 bits per heavy atom. The van der Waals surface area contributed by atoms with Crippen LogP contribution in [-0.4, -0.2) is 6.54 Å². The fourth-order valence-corrected chi connectivity index (χ4v) is 1.12. The topological polar surface area (TPSA) is 38.0 Å². The monoisotopic (exact) mass is 164 g/mol. The highest BCUT2D eigenvalue weighted by atomic mass is 14.8. The van der Waals surface area contributed by atoms with Gasteiger partial charge < -0.3 is 11.1 Å². The van der Waals surface area contributed by atoms with Gasteiger partial charge in [0.25, 0.3) is 0 Å². The predicted molar refractivity (Wildman–Crippen MR) is 53.0 cm³/mol. The third kappa shape index (κ3) is 2.24. The highest BCUT2D eigenvalue weighted by Gasteiger charge is 1.95. The molecule has 0 aromatic heterocycles. The molecule has 0 unspecified atom stereocenters. The maximum atomic E-state index is 5.70. The smallest absolute Gasteiger partial charge is 0.0343 e. The van der Waals surface area contributed by atoms with Crippen molar-refractivity contribution in [2.24, 2.45) is 0 Å². The van der Waals surface area contributed by atoms with E-state index >= 15 is 0 Å². The minimum absolute atomic E-state index is 0.871. The summed E-state index contributed by atoms with van der Waals surface area (Å²) in [6.45, 7) is 6.07. The number of anilines is 1. The Balaban J connectivity index is 2.69. The largest absolute Gasteiger partial charge is 0.399 e. The second kappa shape index (κ2) is 4.12. The first-order valence-electron chi connectivity index (χ1n) is 4.29.